The largest absolute Gasteiger partial charge is 0.339 e. The highest BCUT2D eigenvalue weighted by molar-refractivity contribution is 8.01. The molecule has 1 aliphatic rings. The molecule has 0 aromatic heterocycles. The topological polar surface area (TPSA) is 44.2 Å². The van der Waals surface area contributed by atoms with Crippen molar-refractivity contribution in [3.8, 4) is 0 Å². The van der Waals surface area contributed by atoms with Gasteiger partial charge in [0.05, 0.1) is 5.57 Å². The zero-order valence-corrected chi connectivity index (χ0v) is 9.27. The predicted molar refractivity (Wildman–Crippen MR) is 60.8 cm³/mol. The SMILES string of the molecule is CS/C=C(\C=N)C(=O)N1CCCCC1. The van der Waals surface area contributed by atoms with E-state index >= 15 is 0 Å². The average Bonchev–Trinajstić information content (AvgIpc) is 2.26. The molecule has 1 N–H and O–H groups in total. The third-order valence-corrected chi connectivity index (χ3v) is 2.78. The van der Waals surface area contributed by atoms with Crippen LogP contribution >= 0.6 is 11.8 Å². The summed E-state index contributed by atoms with van der Waals surface area (Å²) < 4.78 is 0. The number of nitrogens with zero attached hydrogens (tertiary/aromatic N) is 1. The van der Waals surface area contributed by atoms with Crippen LogP contribution in [0.3, 0.4) is 0 Å². The van der Waals surface area contributed by atoms with Crippen molar-refractivity contribution < 1.29 is 4.79 Å². The summed E-state index contributed by atoms with van der Waals surface area (Å²) in [6.45, 7) is 1.69. The van der Waals surface area contributed by atoms with Crippen LogP contribution in [0.4, 0.5) is 0 Å². The molecule has 1 amide bonds. The zero-order valence-electron chi connectivity index (χ0n) is 8.45. The van der Waals surface area contributed by atoms with Crippen molar-refractivity contribution >= 4 is 23.9 Å². The number of hydrogen-bond acceptors (Lipinski definition) is 3. The minimum Gasteiger partial charge on any atom is -0.339 e. The van der Waals surface area contributed by atoms with Gasteiger partial charge in [0.15, 0.2) is 0 Å². The van der Waals surface area contributed by atoms with Crippen molar-refractivity contribution in [2.45, 2.75) is 19.3 Å². The summed E-state index contributed by atoms with van der Waals surface area (Å²) in [7, 11) is 0. The summed E-state index contributed by atoms with van der Waals surface area (Å²) in [5, 5.41) is 8.90. The van der Waals surface area contributed by atoms with E-state index in [1.54, 1.807) is 5.41 Å². The van der Waals surface area contributed by atoms with E-state index < -0.39 is 0 Å². The lowest BCUT2D eigenvalue weighted by Crippen LogP contribution is -2.36. The third kappa shape index (κ3) is 2.87. The Balaban J connectivity index is 2.61. The van der Waals surface area contributed by atoms with E-state index in [4.69, 9.17) is 5.41 Å². The zero-order chi connectivity index (χ0) is 10.4. The molecule has 0 aromatic carbocycles. The number of carbonyl (C=O) groups is 1. The highest BCUT2D eigenvalue weighted by atomic mass is 32.2. The van der Waals surface area contributed by atoms with Gasteiger partial charge in [-0.25, -0.2) is 0 Å². The van der Waals surface area contributed by atoms with Crippen molar-refractivity contribution in [3.63, 3.8) is 0 Å². The Morgan fingerprint density at radius 1 is 1.36 bits per heavy atom. The highest BCUT2D eigenvalue weighted by Crippen LogP contribution is 2.12. The number of piperidine rings is 1. The van der Waals surface area contributed by atoms with Crippen LogP contribution in [0, 0.1) is 5.41 Å². The van der Waals surface area contributed by atoms with Crippen LogP contribution in [0.15, 0.2) is 11.0 Å². The summed E-state index contributed by atoms with van der Waals surface area (Å²) >= 11 is 1.47. The monoisotopic (exact) mass is 212 g/mol. The Morgan fingerprint density at radius 3 is 2.50 bits per heavy atom. The Morgan fingerprint density at radius 2 is 2.00 bits per heavy atom. The lowest BCUT2D eigenvalue weighted by Gasteiger charge is -2.26. The number of amides is 1. The smallest absolute Gasteiger partial charge is 0.255 e. The number of likely N-dealkylation sites (tertiary alicyclic amines) is 1. The number of thioether (sulfide) groups is 1. The quantitative estimate of drug-likeness (QED) is 0.573. The number of rotatable bonds is 3. The minimum atomic E-state index is 0.00838. The molecule has 0 aliphatic carbocycles. The van der Waals surface area contributed by atoms with E-state index in [0.29, 0.717) is 5.57 Å². The molecule has 14 heavy (non-hydrogen) atoms. The second kappa shape index (κ2) is 5.86. The fraction of sp³-hybridized carbons (Fsp3) is 0.600. The molecule has 78 valence electrons. The van der Waals surface area contributed by atoms with E-state index in [1.165, 1.54) is 18.2 Å². The van der Waals surface area contributed by atoms with Gasteiger partial charge in [0, 0.05) is 19.3 Å². The second-order valence-corrected chi connectivity index (χ2v) is 4.01. The number of nitrogens with one attached hydrogen (secondary N) is 1. The molecule has 0 bridgehead atoms. The van der Waals surface area contributed by atoms with E-state index in [1.807, 2.05) is 11.2 Å². The first-order valence-electron chi connectivity index (χ1n) is 4.82. The lowest BCUT2D eigenvalue weighted by atomic mass is 10.1. The molecular weight excluding hydrogens is 196 g/mol. The van der Waals surface area contributed by atoms with Crippen molar-refractivity contribution in [2.75, 3.05) is 19.3 Å². The normalized spacial score (nSPS) is 18.1. The molecule has 0 saturated carbocycles. The summed E-state index contributed by atoms with van der Waals surface area (Å²) in [5.74, 6) is 0.00838. The van der Waals surface area contributed by atoms with Crippen LogP contribution in [0.1, 0.15) is 19.3 Å². The summed E-state index contributed by atoms with van der Waals surface area (Å²) in [6, 6.07) is 0. The highest BCUT2D eigenvalue weighted by Gasteiger charge is 2.18. The first-order valence-corrected chi connectivity index (χ1v) is 6.11. The molecule has 0 unspecified atom stereocenters. The Kier molecular flexibility index (Phi) is 4.73. The number of carbonyl (C=O) groups excluding carboxylic acids is 1. The van der Waals surface area contributed by atoms with E-state index in [9.17, 15) is 4.79 Å². The molecule has 1 aliphatic heterocycles. The number of hydrogen-bond donors (Lipinski definition) is 1. The van der Waals surface area contributed by atoms with Gasteiger partial charge in [0.2, 0.25) is 0 Å². The van der Waals surface area contributed by atoms with Crippen molar-refractivity contribution in [2.24, 2.45) is 0 Å². The van der Waals surface area contributed by atoms with Crippen molar-refractivity contribution in [1.29, 1.82) is 5.41 Å². The first-order chi connectivity index (χ1) is 6.79. The first kappa shape index (κ1) is 11.3. The maximum atomic E-state index is 11.8. The molecule has 4 heteroatoms. The van der Waals surface area contributed by atoms with Gasteiger partial charge in [0.25, 0.3) is 5.91 Å². The molecule has 1 saturated heterocycles. The fourth-order valence-electron chi connectivity index (χ4n) is 1.55. The van der Waals surface area contributed by atoms with Gasteiger partial charge in [-0.2, -0.15) is 0 Å². The van der Waals surface area contributed by atoms with Crippen molar-refractivity contribution in [3.05, 3.63) is 11.0 Å². The van der Waals surface area contributed by atoms with Gasteiger partial charge in [0.1, 0.15) is 0 Å². The van der Waals surface area contributed by atoms with E-state index in [0.717, 1.165) is 32.1 Å². The van der Waals surface area contributed by atoms with Gasteiger partial charge < -0.3 is 10.3 Å². The van der Waals surface area contributed by atoms with Crippen LogP contribution < -0.4 is 0 Å². The average molecular weight is 212 g/mol. The standard InChI is InChI=1S/C10H16N2OS/c1-14-8-9(7-11)10(13)12-5-3-2-4-6-12/h7-8,11H,2-6H2,1H3/b9-8+,11-7?. The van der Waals surface area contributed by atoms with Crippen molar-refractivity contribution in [1.82, 2.24) is 4.90 Å². The van der Waals surface area contributed by atoms with Crippen LogP contribution in [-0.4, -0.2) is 36.4 Å². The molecule has 0 atom stereocenters. The minimum absolute atomic E-state index is 0.00838. The van der Waals surface area contributed by atoms with Gasteiger partial charge in [-0.3, -0.25) is 4.79 Å². The molecule has 3 nitrogen and oxygen atoms in total. The Bertz CT molecular complexity index is 245. The van der Waals surface area contributed by atoms with Crippen LogP contribution in [0.25, 0.3) is 0 Å². The van der Waals surface area contributed by atoms with Gasteiger partial charge in [-0.15, -0.1) is 11.8 Å². The van der Waals surface area contributed by atoms with Gasteiger partial charge in [-0.1, -0.05) is 0 Å². The molecule has 1 rings (SSSR count). The van der Waals surface area contributed by atoms with Gasteiger partial charge in [-0.05, 0) is 30.9 Å². The van der Waals surface area contributed by atoms with Crippen LogP contribution in [-0.2, 0) is 4.79 Å². The molecule has 1 fully saturated rings. The maximum Gasteiger partial charge on any atom is 0.255 e. The Labute approximate surface area is 89.1 Å². The van der Waals surface area contributed by atoms with E-state index in [-0.39, 0.29) is 5.91 Å². The molecule has 0 spiro atoms. The maximum absolute atomic E-state index is 11.8. The lowest BCUT2D eigenvalue weighted by molar-refractivity contribution is -0.127. The van der Waals surface area contributed by atoms with Crippen LogP contribution in [0.5, 0.6) is 0 Å². The summed E-state index contributed by atoms with van der Waals surface area (Å²) in [6.07, 6.45) is 6.45. The van der Waals surface area contributed by atoms with Gasteiger partial charge >= 0.3 is 0 Å². The van der Waals surface area contributed by atoms with E-state index in [2.05, 4.69) is 0 Å². The molecule has 0 aromatic rings. The molecule has 1 heterocycles. The molecular formula is C10H16N2OS. The summed E-state index contributed by atoms with van der Waals surface area (Å²) in [5.41, 5.74) is 0.499. The predicted octanol–water partition coefficient (Wildman–Crippen LogP) is 1.90. The molecule has 0 radical (unpaired) electrons. The Hall–Kier alpha value is -0.770. The summed E-state index contributed by atoms with van der Waals surface area (Å²) in [4.78, 5) is 13.7. The second-order valence-electron chi connectivity index (χ2n) is 3.31. The fourth-order valence-corrected chi connectivity index (χ4v) is 1.98. The van der Waals surface area contributed by atoms with Crippen LogP contribution in [0.2, 0.25) is 0 Å². The third-order valence-electron chi connectivity index (χ3n) is 2.29.